The highest BCUT2D eigenvalue weighted by molar-refractivity contribution is 6.30. The van der Waals surface area contributed by atoms with E-state index in [4.69, 9.17) is 11.6 Å². The summed E-state index contributed by atoms with van der Waals surface area (Å²) in [5.74, 6) is 6.21. The van der Waals surface area contributed by atoms with Crippen LogP contribution >= 0.6 is 11.6 Å². The zero-order chi connectivity index (χ0) is 23.6. The first kappa shape index (κ1) is 24.1. The molecule has 1 saturated carbocycles. The Kier molecular flexibility index (Phi) is 8.79. The van der Waals surface area contributed by atoms with E-state index >= 15 is 0 Å². The number of halogens is 1. The van der Waals surface area contributed by atoms with Gasteiger partial charge in [-0.1, -0.05) is 86.0 Å². The topological polar surface area (TPSA) is 41.1 Å². The van der Waals surface area contributed by atoms with Crippen LogP contribution in [0.2, 0.25) is 5.02 Å². The maximum absolute atomic E-state index is 12.2. The minimum atomic E-state index is -0.326. The Morgan fingerprint density at radius 3 is 2.18 bits per heavy atom. The van der Waals surface area contributed by atoms with Crippen LogP contribution in [0.1, 0.15) is 49.7 Å². The van der Waals surface area contributed by atoms with Crippen LogP contribution in [-0.2, 0) is 11.3 Å². The molecule has 0 radical (unpaired) electrons. The van der Waals surface area contributed by atoms with Gasteiger partial charge in [0, 0.05) is 28.7 Å². The highest BCUT2D eigenvalue weighted by atomic mass is 35.5. The van der Waals surface area contributed by atoms with E-state index in [0.29, 0.717) is 10.7 Å². The van der Waals surface area contributed by atoms with Crippen LogP contribution in [0, 0.1) is 17.8 Å². The van der Waals surface area contributed by atoms with E-state index in [9.17, 15) is 4.79 Å². The molecular formula is C30H31ClN2O. The molecule has 0 spiro atoms. The van der Waals surface area contributed by atoms with Crippen molar-refractivity contribution < 1.29 is 4.79 Å². The van der Waals surface area contributed by atoms with Crippen LogP contribution in [-0.4, -0.2) is 12.5 Å². The van der Waals surface area contributed by atoms with Gasteiger partial charge in [-0.25, -0.2) is 0 Å². The Bertz CT molecular complexity index is 1120. The molecule has 3 aromatic rings. The molecule has 3 aromatic carbocycles. The number of nitrogens with one attached hydrogen (secondary N) is 2. The SMILES string of the molecule is O=C(C#Cc1ccc(CNCCC2CCCCC2)cc1)Nc1ccc(-c2ccc(Cl)cc2)cc1. The number of carbonyl (C=O) groups excluding carboxylic acids is 1. The fourth-order valence-corrected chi connectivity index (χ4v) is 4.53. The molecule has 1 aliphatic rings. The molecule has 4 heteroatoms. The van der Waals surface area contributed by atoms with Crippen molar-refractivity contribution >= 4 is 23.2 Å². The van der Waals surface area contributed by atoms with Gasteiger partial charge in [0.05, 0.1) is 0 Å². The van der Waals surface area contributed by atoms with Gasteiger partial charge in [0.2, 0.25) is 0 Å². The van der Waals surface area contributed by atoms with Crippen molar-refractivity contribution in [3.63, 3.8) is 0 Å². The van der Waals surface area contributed by atoms with Gasteiger partial charge in [-0.05, 0) is 72.0 Å². The average molecular weight is 471 g/mol. The van der Waals surface area contributed by atoms with Crippen molar-refractivity contribution in [2.75, 3.05) is 11.9 Å². The minimum absolute atomic E-state index is 0.326. The van der Waals surface area contributed by atoms with Crippen molar-refractivity contribution in [1.29, 1.82) is 0 Å². The van der Waals surface area contributed by atoms with Crippen LogP contribution in [0.5, 0.6) is 0 Å². The summed E-state index contributed by atoms with van der Waals surface area (Å²) >= 11 is 5.95. The van der Waals surface area contributed by atoms with E-state index in [0.717, 1.165) is 35.7 Å². The van der Waals surface area contributed by atoms with E-state index in [1.54, 1.807) is 0 Å². The molecule has 0 bridgehead atoms. The second-order valence-corrected chi connectivity index (χ2v) is 9.39. The van der Waals surface area contributed by atoms with Gasteiger partial charge in [0.1, 0.15) is 0 Å². The Hall–Kier alpha value is -3.06. The summed E-state index contributed by atoms with van der Waals surface area (Å²) in [6, 6.07) is 23.4. The number of benzene rings is 3. The molecule has 2 N–H and O–H groups in total. The van der Waals surface area contributed by atoms with Gasteiger partial charge in [0.15, 0.2) is 0 Å². The molecule has 34 heavy (non-hydrogen) atoms. The molecule has 1 fully saturated rings. The van der Waals surface area contributed by atoms with E-state index in [1.165, 1.54) is 44.1 Å². The first-order valence-electron chi connectivity index (χ1n) is 12.1. The summed E-state index contributed by atoms with van der Waals surface area (Å²) < 4.78 is 0. The summed E-state index contributed by atoms with van der Waals surface area (Å²) in [6.45, 7) is 1.94. The lowest BCUT2D eigenvalue weighted by Gasteiger charge is -2.21. The third-order valence-electron chi connectivity index (χ3n) is 6.38. The molecular weight excluding hydrogens is 440 g/mol. The number of hydrogen-bond donors (Lipinski definition) is 2. The second kappa shape index (κ2) is 12.4. The largest absolute Gasteiger partial charge is 0.315 e. The van der Waals surface area contributed by atoms with Gasteiger partial charge in [-0.3, -0.25) is 4.79 Å². The van der Waals surface area contributed by atoms with Gasteiger partial charge in [0.25, 0.3) is 0 Å². The Morgan fingerprint density at radius 1 is 0.853 bits per heavy atom. The molecule has 0 heterocycles. The van der Waals surface area contributed by atoms with Gasteiger partial charge < -0.3 is 10.6 Å². The van der Waals surface area contributed by atoms with Crippen molar-refractivity contribution in [3.8, 4) is 23.0 Å². The van der Waals surface area contributed by atoms with E-state index in [-0.39, 0.29) is 5.91 Å². The Morgan fingerprint density at radius 2 is 1.50 bits per heavy atom. The standard InChI is InChI=1S/C30H31ClN2O/c31-28-15-11-26(12-16-28)27-13-17-29(18-14-27)33-30(34)19-10-24-6-8-25(9-7-24)22-32-21-20-23-4-2-1-3-5-23/h6-9,11-18,23,32H,1-5,20-22H2,(H,33,34). The molecule has 1 amide bonds. The lowest BCUT2D eigenvalue weighted by atomic mass is 9.87. The maximum Gasteiger partial charge on any atom is 0.300 e. The smallest absolute Gasteiger partial charge is 0.300 e. The Balaban J connectivity index is 1.22. The molecule has 3 nitrogen and oxygen atoms in total. The average Bonchev–Trinajstić information content (AvgIpc) is 2.88. The highest BCUT2D eigenvalue weighted by Gasteiger charge is 2.12. The molecule has 4 rings (SSSR count). The maximum atomic E-state index is 12.2. The summed E-state index contributed by atoms with van der Waals surface area (Å²) in [6.07, 6.45) is 8.31. The normalized spacial score (nSPS) is 13.7. The predicted molar refractivity (Wildman–Crippen MR) is 142 cm³/mol. The van der Waals surface area contributed by atoms with Gasteiger partial charge in [-0.15, -0.1) is 0 Å². The monoisotopic (exact) mass is 470 g/mol. The fraction of sp³-hybridized carbons (Fsp3) is 0.300. The molecule has 0 saturated heterocycles. The fourth-order valence-electron chi connectivity index (χ4n) is 4.40. The van der Waals surface area contributed by atoms with Crippen molar-refractivity contribution in [2.45, 2.75) is 45.1 Å². The molecule has 0 aliphatic heterocycles. The van der Waals surface area contributed by atoms with Crippen LogP contribution in [0.15, 0.2) is 72.8 Å². The lowest BCUT2D eigenvalue weighted by Crippen LogP contribution is -2.19. The number of carbonyl (C=O) groups is 1. The molecule has 174 valence electrons. The molecule has 0 atom stereocenters. The van der Waals surface area contributed by atoms with Gasteiger partial charge >= 0.3 is 5.91 Å². The van der Waals surface area contributed by atoms with Crippen molar-refractivity contribution in [1.82, 2.24) is 5.32 Å². The zero-order valence-corrected chi connectivity index (χ0v) is 20.2. The van der Waals surface area contributed by atoms with Crippen LogP contribution < -0.4 is 10.6 Å². The third-order valence-corrected chi connectivity index (χ3v) is 6.63. The third kappa shape index (κ3) is 7.48. The highest BCUT2D eigenvalue weighted by Crippen LogP contribution is 2.26. The summed E-state index contributed by atoms with van der Waals surface area (Å²) in [7, 11) is 0. The number of rotatable bonds is 7. The predicted octanol–water partition coefficient (Wildman–Crippen LogP) is 7.06. The van der Waals surface area contributed by atoms with Crippen molar-refractivity contribution in [2.24, 2.45) is 5.92 Å². The number of hydrogen-bond acceptors (Lipinski definition) is 2. The quantitative estimate of drug-likeness (QED) is 0.286. The molecule has 1 aliphatic carbocycles. The van der Waals surface area contributed by atoms with Crippen LogP contribution in [0.25, 0.3) is 11.1 Å². The molecule has 0 unspecified atom stereocenters. The summed E-state index contributed by atoms with van der Waals surface area (Å²) in [4.78, 5) is 12.2. The Labute approximate surface area is 207 Å². The van der Waals surface area contributed by atoms with E-state index in [1.807, 2.05) is 60.7 Å². The van der Waals surface area contributed by atoms with Gasteiger partial charge in [-0.2, -0.15) is 0 Å². The first-order chi connectivity index (χ1) is 16.7. The van der Waals surface area contributed by atoms with Crippen molar-refractivity contribution in [3.05, 3.63) is 88.9 Å². The number of anilines is 1. The van der Waals surface area contributed by atoms with Crippen LogP contribution in [0.3, 0.4) is 0 Å². The van der Waals surface area contributed by atoms with E-state index < -0.39 is 0 Å². The van der Waals surface area contributed by atoms with Crippen LogP contribution in [0.4, 0.5) is 5.69 Å². The first-order valence-corrected chi connectivity index (χ1v) is 12.5. The van der Waals surface area contributed by atoms with E-state index in [2.05, 4.69) is 34.6 Å². The lowest BCUT2D eigenvalue weighted by molar-refractivity contribution is -0.111. The minimum Gasteiger partial charge on any atom is -0.315 e. The molecule has 0 aromatic heterocycles. The zero-order valence-electron chi connectivity index (χ0n) is 19.4. The number of amides is 1. The second-order valence-electron chi connectivity index (χ2n) is 8.95. The summed E-state index contributed by atoms with van der Waals surface area (Å²) in [5.41, 5.74) is 4.92. The summed E-state index contributed by atoms with van der Waals surface area (Å²) in [5, 5.41) is 7.10.